The Balaban J connectivity index is 2.89. The summed E-state index contributed by atoms with van der Waals surface area (Å²) in [6.45, 7) is 8.92. The number of likely N-dealkylation sites (N-methyl/N-ethyl adjacent to an activating group) is 1. The van der Waals surface area contributed by atoms with E-state index in [0.29, 0.717) is 11.4 Å². The van der Waals surface area contributed by atoms with Gasteiger partial charge in [-0.3, -0.25) is 16.0 Å². The van der Waals surface area contributed by atoms with Gasteiger partial charge in [0.1, 0.15) is 11.4 Å². The highest BCUT2D eigenvalue weighted by Crippen LogP contribution is 2.32. The lowest BCUT2D eigenvalue weighted by molar-refractivity contribution is -0.383. The quantitative estimate of drug-likeness (QED) is 0.383. The molecule has 1 aromatic carbocycles. The molecule has 0 aliphatic heterocycles. The monoisotopic (exact) mass is 281 g/mol. The van der Waals surface area contributed by atoms with E-state index in [9.17, 15) is 10.1 Å². The van der Waals surface area contributed by atoms with Gasteiger partial charge >= 0.3 is 5.69 Å². The first kappa shape index (κ1) is 16.2. The first-order valence-corrected chi connectivity index (χ1v) is 6.76. The van der Waals surface area contributed by atoms with E-state index >= 15 is 0 Å². The van der Waals surface area contributed by atoms with Gasteiger partial charge in [0.2, 0.25) is 0 Å². The van der Waals surface area contributed by atoms with Gasteiger partial charge in [0, 0.05) is 12.6 Å². The average molecular weight is 281 g/mol. The van der Waals surface area contributed by atoms with Crippen molar-refractivity contribution in [3.05, 3.63) is 28.3 Å². The Bertz CT molecular complexity index is 448. The van der Waals surface area contributed by atoms with Crippen molar-refractivity contribution in [2.24, 2.45) is 5.84 Å². The Hall–Kier alpha value is -1.86. The van der Waals surface area contributed by atoms with Crippen LogP contribution in [0.2, 0.25) is 0 Å². The number of nitro benzene ring substituents is 1. The second-order valence-electron chi connectivity index (χ2n) is 4.63. The molecule has 112 valence electrons. The van der Waals surface area contributed by atoms with Crippen LogP contribution >= 0.6 is 0 Å². The van der Waals surface area contributed by atoms with Crippen LogP contribution in [0.5, 0.6) is 0 Å². The summed E-state index contributed by atoms with van der Waals surface area (Å²) in [5, 5.41) is 14.4. The minimum atomic E-state index is -0.429. The molecule has 0 saturated carbocycles. The molecule has 1 unspecified atom stereocenters. The number of nitrogens with zero attached hydrogens (tertiary/aromatic N) is 2. The molecule has 0 heterocycles. The lowest BCUT2D eigenvalue weighted by atomic mass is 10.2. The summed E-state index contributed by atoms with van der Waals surface area (Å²) in [5.41, 5.74) is 3.11. The smallest absolute Gasteiger partial charge is 0.316 e. The summed E-state index contributed by atoms with van der Waals surface area (Å²) in [4.78, 5) is 13.0. The van der Waals surface area contributed by atoms with Crippen LogP contribution in [0, 0.1) is 10.1 Å². The van der Waals surface area contributed by atoms with Gasteiger partial charge in [-0.25, -0.2) is 0 Å². The van der Waals surface area contributed by atoms with Gasteiger partial charge in [-0.2, -0.15) is 0 Å². The van der Waals surface area contributed by atoms with E-state index in [-0.39, 0.29) is 11.7 Å². The zero-order valence-electron chi connectivity index (χ0n) is 12.2. The molecule has 1 rings (SSSR count). The molecular formula is C13H23N5O2. The molecule has 0 radical (unpaired) electrons. The Morgan fingerprint density at radius 1 is 1.35 bits per heavy atom. The fourth-order valence-electron chi connectivity index (χ4n) is 2.15. The fraction of sp³-hybridized carbons (Fsp3) is 0.538. The Morgan fingerprint density at radius 3 is 2.45 bits per heavy atom. The maximum Gasteiger partial charge on any atom is 0.316 e. The Kier molecular flexibility index (Phi) is 6.20. The average Bonchev–Trinajstić information content (AvgIpc) is 2.43. The van der Waals surface area contributed by atoms with Crippen LogP contribution in [-0.2, 0) is 0 Å². The van der Waals surface area contributed by atoms with E-state index in [4.69, 9.17) is 5.84 Å². The largest absolute Gasteiger partial charge is 0.376 e. The number of nitrogen functional groups attached to an aromatic ring is 1. The van der Waals surface area contributed by atoms with Crippen LogP contribution in [0.4, 0.5) is 17.1 Å². The van der Waals surface area contributed by atoms with E-state index < -0.39 is 4.92 Å². The normalized spacial score (nSPS) is 12.2. The van der Waals surface area contributed by atoms with Crippen molar-refractivity contribution in [2.45, 2.75) is 26.8 Å². The second-order valence-corrected chi connectivity index (χ2v) is 4.63. The third kappa shape index (κ3) is 4.07. The van der Waals surface area contributed by atoms with Crippen molar-refractivity contribution in [3.8, 4) is 0 Å². The van der Waals surface area contributed by atoms with Crippen LogP contribution in [0.3, 0.4) is 0 Å². The van der Waals surface area contributed by atoms with E-state index in [2.05, 4.69) is 29.5 Å². The van der Waals surface area contributed by atoms with Gasteiger partial charge in [-0.05, 0) is 32.1 Å². The van der Waals surface area contributed by atoms with Gasteiger partial charge in [-0.1, -0.05) is 19.9 Å². The standard InChI is InChI=1S/C13H23N5O2/c1-4-17(5-2)9-10(3)15-11-7-6-8-12(16-14)13(11)18(19)20/h6-8,10,15-16H,4-5,9,14H2,1-3H3. The molecule has 0 bridgehead atoms. The molecule has 1 aromatic rings. The zero-order valence-corrected chi connectivity index (χ0v) is 12.2. The molecule has 0 fully saturated rings. The van der Waals surface area contributed by atoms with Gasteiger partial charge in [0.15, 0.2) is 0 Å². The number of nitrogens with one attached hydrogen (secondary N) is 2. The summed E-state index contributed by atoms with van der Waals surface area (Å²) in [5.74, 6) is 5.32. The summed E-state index contributed by atoms with van der Waals surface area (Å²) < 4.78 is 0. The summed E-state index contributed by atoms with van der Waals surface area (Å²) in [7, 11) is 0. The molecule has 0 spiro atoms. The molecule has 0 aliphatic rings. The van der Waals surface area contributed by atoms with Crippen molar-refractivity contribution < 1.29 is 4.92 Å². The highest BCUT2D eigenvalue weighted by Gasteiger charge is 2.20. The predicted molar refractivity (Wildman–Crippen MR) is 81.8 cm³/mol. The number of para-hydroxylation sites is 1. The van der Waals surface area contributed by atoms with Crippen molar-refractivity contribution in [2.75, 3.05) is 30.4 Å². The molecule has 7 heteroatoms. The van der Waals surface area contributed by atoms with Crippen LogP contribution in [0.15, 0.2) is 18.2 Å². The molecule has 1 atom stereocenters. The second kappa shape index (κ2) is 7.66. The number of hydrogen-bond acceptors (Lipinski definition) is 6. The highest BCUT2D eigenvalue weighted by molar-refractivity contribution is 5.76. The third-order valence-electron chi connectivity index (χ3n) is 3.20. The van der Waals surface area contributed by atoms with Crippen molar-refractivity contribution in [1.82, 2.24) is 4.90 Å². The number of hydrazine groups is 1. The molecule has 4 N–H and O–H groups in total. The maximum atomic E-state index is 11.2. The van der Waals surface area contributed by atoms with Gasteiger partial charge in [0.05, 0.1) is 4.92 Å². The first-order chi connectivity index (χ1) is 9.53. The minimum absolute atomic E-state index is 0.0265. The third-order valence-corrected chi connectivity index (χ3v) is 3.20. The lowest BCUT2D eigenvalue weighted by Crippen LogP contribution is -2.34. The molecular weight excluding hydrogens is 258 g/mol. The molecule has 0 saturated heterocycles. The topological polar surface area (TPSA) is 96.5 Å². The number of benzene rings is 1. The van der Waals surface area contributed by atoms with Crippen LogP contribution in [0.1, 0.15) is 20.8 Å². The maximum absolute atomic E-state index is 11.2. The molecule has 0 aromatic heterocycles. The zero-order chi connectivity index (χ0) is 15.1. The molecule has 20 heavy (non-hydrogen) atoms. The van der Waals surface area contributed by atoms with Crippen molar-refractivity contribution in [3.63, 3.8) is 0 Å². The van der Waals surface area contributed by atoms with E-state index in [0.717, 1.165) is 19.6 Å². The van der Waals surface area contributed by atoms with Gasteiger partial charge < -0.3 is 15.6 Å². The molecule has 0 aliphatic carbocycles. The SMILES string of the molecule is CCN(CC)CC(C)Nc1cccc(NN)c1[N+](=O)[O-]. The number of rotatable bonds is 8. The summed E-state index contributed by atoms with van der Waals surface area (Å²) in [6, 6.07) is 5.10. The van der Waals surface area contributed by atoms with Crippen molar-refractivity contribution >= 4 is 17.1 Å². The van der Waals surface area contributed by atoms with Crippen molar-refractivity contribution in [1.29, 1.82) is 0 Å². The van der Waals surface area contributed by atoms with Gasteiger partial charge in [0.25, 0.3) is 0 Å². The van der Waals surface area contributed by atoms with Crippen LogP contribution in [-0.4, -0.2) is 35.5 Å². The van der Waals surface area contributed by atoms with E-state index in [1.54, 1.807) is 18.2 Å². The summed E-state index contributed by atoms with van der Waals surface area (Å²) >= 11 is 0. The molecule has 0 amide bonds. The first-order valence-electron chi connectivity index (χ1n) is 6.76. The lowest BCUT2D eigenvalue weighted by Gasteiger charge is -2.24. The predicted octanol–water partition coefficient (Wildman–Crippen LogP) is 2.02. The van der Waals surface area contributed by atoms with Crippen LogP contribution in [0.25, 0.3) is 0 Å². The molecule has 7 nitrogen and oxygen atoms in total. The number of nitrogens with two attached hydrogens (primary N) is 1. The van der Waals surface area contributed by atoms with Crippen LogP contribution < -0.4 is 16.6 Å². The van der Waals surface area contributed by atoms with E-state index in [1.807, 2.05) is 6.92 Å². The Morgan fingerprint density at radius 2 is 1.95 bits per heavy atom. The Labute approximate surface area is 119 Å². The van der Waals surface area contributed by atoms with E-state index in [1.165, 1.54) is 0 Å². The highest BCUT2D eigenvalue weighted by atomic mass is 16.6. The number of hydrogen-bond donors (Lipinski definition) is 3. The fourth-order valence-corrected chi connectivity index (χ4v) is 2.15. The number of nitro groups is 1. The summed E-state index contributed by atoms with van der Waals surface area (Å²) in [6.07, 6.45) is 0. The number of anilines is 2. The minimum Gasteiger partial charge on any atom is -0.376 e. The van der Waals surface area contributed by atoms with Gasteiger partial charge in [-0.15, -0.1) is 0 Å².